The average Bonchev–Trinajstić information content (AvgIpc) is 2.42. The van der Waals surface area contributed by atoms with E-state index in [2.05, 4.69) is 19.6 Å². The molecule has 0 aromatic rings. The maximum Gasteiger partial charge on any atom is 0.333 e. The van der Waals surface area contributed by atoms with Gasteiger partial charge in [-0.25, -0.2) is 4.79 Å². The van der Waals surface area contributed by atoms with Crippen LogP contribution in [0.15, 0.2) is 23.8 Å². The van der Waals surface area contributed by atoms with Crippen LogP contribution >= 0.6 is 0 Å². The highest BCUT2D eigenvalue weighted by Crippen LogP contribution is 2.32. The smallest absolute Gasteiger partial charge is 0.333 e. The first kappa shape index (κ1) is 14.0. The summed E-state index contributed by atoms with van der Waals surface area (Å²) in [7, 11) is 0. The van der Waals surface area contributed by atoms with Crippen LogP contribution in [0.3, 0.4) is 0 Å². The molecule has 2 heteroatoms. The van der Waals surface area contributed by atoms with Crippen molar-refractivity contribution in [1.82, 2.24) is 0 Å². The molecule has 2 nitrogen and oxygen atoms in total. The second-order valence-electron chi connectivity index (χ2n) is 5.64. The summed E-state index contributed by atoms with van der Waals surface area (Å²) < 4.78 is 5.56. The molecule has 1 aliphatic carbocycles. The van der Waals surface area contributed by atoms with E-state index in [1.54, 1.807) is 6.92 Å². The molecular weight excluding hydrogens is 212 g/mol. The Balaban J connectivity index is 2.77. The molecule has 0 aromatic carbocycles. The van der Waals surface area contributed by atoms with Gasteiger partial charge in [-0.05, 0) is 47.0 Å². The summed E-state index contributed by atoms with van der Waals surface area (Å²) in [5.74, 6) is 0.0265. The summed E-state index contributed by atoms with van der Waals surface area (Å²) in [6.07, 6.45) is 6.98. The summed E-state index contributed by atoms with van der Waals surface area (Å²) in [6, 6.07) is 0. The third kappa shape index (κ3) is 4.03. The van der Waals surface area contributed by atoms with Crippen molar-refractivity contribution in [1.29, 1.82) is 0 Å². The van der Waals surface area contributed by atoms with Gasteiger partial charge in [-0.3, -0.25) is 0 Å². The topological polar surface area (TPSA) is 26.3 Å². The van der Waals surface area contributed by atoms with Crippen LogP contribution in [0, 0.1) is 5.92 Å². The van der Waals surface area contributed by atoms with E-state index >= 15 is 0 Å². The number of hydrogen-bond acceptors (Lipinski definition) is 2. The van der Waals surface area contributed by atoms with E-state index in [9.17, 15) is 4.79 Å². The predicted octanol–water partition coefficient (Wildman–Crippen LogP) is 4.02. The average molecular weight is 236 g/mol. The first-order chi connectivity index (χ1) is 7.83. The largest absolute Gasteiger partial charge is 0.456 e. The molecule has 0 aliphatic heterocycles. The second kappa shape index (κ2) is 5.52. The van der Waals surface area contributed by atoms with E-state index in [0.29, 0.717) is 11.5 Å². The van der Waals surface area contributed by atoms with Gasteiger partial charge in [0.1, 0.15) is 5.60 Å². The molecule has 0 amide bonds. The number of carbonyl (C=O) groups is 1. The second-order valence-corrected chi connectivity index (χ2v) is 5.64. The zero-order valence-corrected chi connectivity index (χ0v) is 11.5. The Bertz CT molecular complexity index is 337. The molecule has 0 radical (unpaired) electrons. The minimum absolute atomic E-state index is 0.287. The van der Waals surface area contributed by atoms with Crippen LogP contribution in [-0.2, 0) is 9.53 Å². The molecule has 0 saturated carbocycles. The van der Waals surface area contributed by atoms with Gasteiger partial charge in [0, 0.05) is 11.5 Å². The third-order valence-electron chi connectivity index (χ3n) is 3.42. The first-order valence-corrected chi connectivity index (χ1v) is 6.39. The highest BCUT2D eigenvalue weighted by Gasteiger charge is 2.32. The SMILES string of the molecule is C=C(C)C(=O)OC(C)(C)C1C=C(C)CCCC1. The molecule has 96 valence electrons. The first-order valence-electron chi connectivity index (χ1n) is 6.39. The van der Waals surface area contributed by atoms with Crippen LogP contribution in [-0.4, -0.2) is 11.6 Å². The zero-order chi connectivity index (χ0) is 13.1. The van der Waals surface area contributed by atoms with E-state index in [1.807, 2.05) is 13.8 Å². The highest BCUT2D eigenvalue weighted by molar-refractivity contribution is 5.87. The van der Waals surface area contributed by atoms with Crippen LogP contribution in [0.4, 0.5) is 0 Å². The lowest BCUT2D eigenvalue weighted by Crippen LogP contribution is -2.36. The number of esters is 1. The maximum absolute atomic E-state index is 11.6. The minimum atomic E-state index is -0.443. The molecule has 0 bridgehead atoms. The normalized spacial score (nSPS) is 21.4. The van der Waals surface area contributed by atoms with Gasteiger partial charge in [0.15, 0.2) is 0 Å². The van der Waals surface area contributed by atoms with E-state index in [4.69, 9.17) is 4.74 Å². The van der Waals surface area contributed by atoms with Gasteiger partial charge in [0.2, 0.25) is 0 Å². The fourth-order valence-electron chi connectivity index (χ4n) is 2.23. The third-order valence-corrected chi connectivity index (χ3v) is 3.42. The van der Waals surface area contributed by atoms with Crippen molar-refractivity contribution in [3.8, 4) is 0 Å². The fourth-order valence-corrected chi connectivity index (χ4v) is 2.23. The highest BCUT2D eigenvalue weighted by atomic mass is 16.6. The van der Waals surface area contributed by atoms with Gasteiger partial charge in [0.05, 0.1) is 0 Å². The number of carbonyl (C=O) groups excluding carboxylic acids is 1. The van der Waals surface area contributed by atoms with Gasteiger partial charge >= 0.3 is 5.97 Å². The zero-order valence-electron chi connectivity index (χ0n) is 11.5. The van der Waals surface area contributed by atoms with Gasteiger partial charge in [0.25, 0.3) is 0 Å². The number of hydrogen-bond donors (Lipinski definition) is 0. The molecular formula is C15H24O2. The minimum Gasteiger partial charge on any atom is -0.456 e. The summed E-state index contributed by atoms with van der Waals surface area (Å²) in [5.41, 5.74) is 1.43. The van der Waals surface area contributed by atoms with Gasteiger partial charge < -0.3 is 4.74 Å². The predicted molar refractivity (Wildman–Crippen MR) is 70.7 cm³/mol. The van der Waals surface area contributed by atoms with Crippen LogP contribution in [0.2, 0.25) is 0 Å². The molecule has 0 spiro atoms. The Hall–Kier alpha value is -1.05. The van der Waals surface area contributed by atoms with E-state index in [-0.39, 0.29) is 5.97 Å². The van der Waals surface area contributed by atoms with E-state index < -0.39 is 5.60 Å². The lowest BCUT2D eigenvalue weighted by molar-refractivity contribution is -0.155. The molecule has 0 aromatic heterocycles. The van der Waals surface area contributed by atoms with Crippen LogP contribution in [0.5, 0.6) is 0 Å². The summed E-state index contributed by atoms with van der Waals surface area (Å²) in [4.78, 5) is 11.6. The molecule has 1 atom stereocenters. The summed E-state index contributed by atoms with van der Waals surface area (Å²) in [5, 5.41) is 0. The van der Waals surface area contributed by atoms with Gasteiger partial charge in [-0.15, -0.1) is 0 Å². The number of allylic oxidation sites excluding steroid dienone is 1. The van der Waals surface area contributed by atoms with Crippen molar-refractivity contribution < 1.29 is 9.53 Å². The van der Waals surface area contributed by atoms with Crippen molar-refractivity contribution in [2.45, 2.75) is 59.0 Å². The van der Waals surface area contributed by atoms with E-state index in [0.717, 1.165) is 6.42 Å². The van der Waals surface area contributed by atoms with Gasteiger partial charge in [-0.1, -0.05) is 24.6 Å². The van der Waals surface area contributed by atoms with Crippen molar-refractivity contribution in [3.05, 3.63) is 23.8 Å². The van der Waals surface area contributed by atoms with Crippen molar-refractivity contribution >= 4 is 5.97 Å². The van der Waals surface area contributed by atoms with Crippen LogP contribution in [0.1, 0.15) is 53.4 Å². The molecule has 17 heavy (non-hydrogen) atoms. The molecule has 1 unspecified atom stereocenters. The van der Waals surface area contributed by atoms with Crippen molar-refractivity contribution in [2.75, 3.05) is 0 Å². The van der Waals surface area contributed by atoms with E-state index in [1.165, 1.54) is 24.8 Å². The quantitative estimate of drug-likeness (QED) is 0.420. The molecule has 0 saturated heterocycles. The van der Waals surface area contributed by atoms with Crippen molar-refractivity contribution in [3.63, 3.8) is 0 Å². The number of ether oxygens (including phenoxy) is 1. The maximum atomic E-state index is 11.6. The Kier molecular flexibility index (Phi) is 4.55. The van der Waals surface area contributed by atoms with Crippen LogP contribution < -0.4 is 0 Å². The monoisotopic (exact) mass is 236 g/mol. The lowest BCUT2D eigenvalue weighted by atomic mass is 9.86. The van der Waals surface area contributed by atoms with Crippen molar-refractivity contribution in [2.24, 2.45) is 5.92 Å². The molecule has 1 aliphatic rings. The lowest BCUT2D eigenvalue weighted by Gasteiger charge is -2.32. The Morgan fingerprint density at radius 3 is 2.71 bits per heavy atom. The number of rotatable bonds is 3. The fraction of sp³-hybridized carbons (Fsp3) is 0.667. The van der Waals surface area contributed by atoms with Gasteiger partial charge in [-0.2, -0.15) is 0 Å². The molecule has 0 fully saturated rings. The summed E-state index contributed by atoms with van der Waals surface area (Å²) in [6.45, 7) is 11.5. The summed E-state index contributed by atoms with van der Waals surface area (Å²) >= 11 is 0. The molecule has 1 rings (SSSR count). The standard InChI is InChI=1S/C15H24O2/c1-11(2)14(16)17-15(4,5)13-9-7-6-8-12(3)10-13/h10,13H,1,6-9H2,2-5H3. The Morgan fingerprint density at radius 1 is 1.47 bits per heavy atom. The molecule has 0 heterocycles. The Labute approximate surface area is 105 Å². The van der Waals surface area contributed by atoms with Crippen LogP contribution in [0.25, 0.3) is 0 Å². The molecule has 0 N–H and O–H groups in total. The Morgan fingerprint density at radius 2 is 2.12 bits per heavy atom.